The first-order chi connectivity index (χ1) is 5.75. The maximum Gasteiger partial charge on any atom is 0.227 e. The molecule has 0 bridgehead atoms. The molecule has 0 aromatic rings. The SMILES string of the molecule is [CH2]CCNC(=O)C1(CNC)CC1. The van der Waals surface area contributed by atoms with E-state index in [2.05, 4.69) is 17.6 Å². The van der Waals surface area contributed by atoms with Gasteiger partial charge in [0.05, 0.1) is 5.41 Å². The Morgan fingerprint density at radius 1 is 1.58 bits per heavy atom. The van der Waals surface area contributed by atoms with E-state index in [0.29, 0.717) is 6.54 Å². The quantitative estimate of drug-likeness (QED) is 0.622. The molecule has 1 radical (unpaired) electrons. The second-order valence-corrected chi connectivity index (χ2v) is 3.42. The van der Waals surface area contributed by atoms with Crippen molar-refractivity contribution < 1.29 is 4.79 Å². The largest absolute Gasteiger partial charge is 0.356 e. The second-order valence-electron chi connectivity index (χ2n) is 3.42. The van der Waals surface area contributed by atoms with Crippen molar-refractivity contribution in [3.05, 3.63) is 6.92 Å². The minimum Gasteiger partial charge on any atom is -0.356 e. The number of hydrogen-bond acceptors (Lipinski definition) is 2. The van der Waals surface area contributed by atoms with E-state index in [9.17, 15) is 4.79 Å². The monoisotopic (exact) mass is 169 g/mol. The molecule has 0 heterocycles. The van der Waals surface area contributed by atoms with Crippen molar-refractivity contribution in [1.82, 2.24) is 10.6 Å². The zero-order chi connectivity index (χ0) is 9.03. The van der Waals surface area contributed by atoms with Gasteiger partial charge < -0.3 is 10.6 Å². The summed E-state index contributed by atoms with van der Waals surface area (Å²) in [6.07, 6.45) is 2.81. The molecular formula is C9H17N2O. The van der Waals surface area contributed by atoms with Crippen molar-refractivity contribution in [3.63, 3.8) is 0 Å². The van der Waals surface area contributed by atoms with Gasteiger partial charge >= 0.3 is 0 Å². The molecular weight excluding hydrogens is 152 g/mol. The van der Waals surface area contributed by atoms with E-state index >= 15 is 0 Å². The Balaban J connectivity index is 2.30. The molecule has 3 nitrogen and oxygen atoms in total. The summed E-state index contributed by atoms with van der Waals surface area (Å²) in [6, 6.07) is 0. The van der Waals surface area contributed by atoms with Gasteiger partial charge in [0.25, 0.3) is 0 Å². The summed E-state index contributed by atoms with van der Waals surface area (Å²) in [7, 11) is 1.88. The van der Waals surface area contributed by atoms with Crippen molar-refractivity contribution in [2.45, 2.75) is 19.3 Å². The zero-order valence-corrected chi connectivity index (χ0v) is 7.65. The van der Waals surface area contributed by atoms with E-state index in [-0.39, 0.29) is 11.3 Å². The lowest BCUT2D eigenvalue weighted by atomic mass is 10.1. The molecule has 0 aliphatic heterocycles. The first-order valence-electron chi connectivity index (χ1n) is 4.47. The third-order valence-corrected chi connectivity index (χ3v) is 2.31. The Kier molecular flexibility index (Phi) is 3.09. The lowest BCUT2D eigenvalue weighted by molar-refractivity contribution is -0.126. The third-order valence-electron chi connectivity index (χ3n) is 2.31. The van der Waals surface area contributed by atoms with Gasteiger partial charge in [-0.3, -0.25) is 4.79 Å². The molecule has 0 atom stereocenters. The highest BCUT2D eigenvalue weighted by Gasteiger charge is 2.48. The van der Waals surface area contributed by atoms with E-state index in [4.69, 9.17) is 0 Å². The molecule has 1 aliphatic carbocycles. The van der Waals surface area contributed by atoms with Crippen LogP contribution in [0.25, 0.3) is 0 Å². The predicted octanol–water partition coefficient (Wildman–Crippen LogP) is 0.326. The average Bonchev–Trinajstić information content (AvgIpc) is 2.82. The van der Waals surface area contributed by atoms with E-state index in [1.54, 1.807) is 0 Å². The third kappa shape index (κ3) is 1.97. The number of nitrogens with one attached hydrogen (secondary N) is 2. The normalized spacial score (nSPS) is 18.8. The number of rotatable bonds is 5. The topological polar surface area (TPSA) is 41.1 Å². The van der Waals surface area contributed by atoms with Gasteiger partial charge in [-0.25, -0.2) is 0 Å². The van der Waals surface area contributed by atoms with Crippen LogP contribution < -0.4 is 10.6 Å². The fourth-order valence-electron chi connectivity index (χ4n) is 1.36. The minimum atomic E-state index is -0.0794. The fourth-order valence-corrected chi connectivity index (χ4v) is 1.36. The van der Waals surface area contributed by atoms with Gasteiger partial charge in [0.1, 0.15) is 0 Å². The average molecular weight is 169 g/mol. The van der Waals surface area contributed by atoms with Gasteiger partial charge in [-0.2, -0.15) is 0 Å². The van der Waals surface area contributed by atoms with Crippen LogP contribution in [0.5, 0.6) is 0 Å². The molecule has 0 aromatic carbocycles. The molecule has 69 valence electrons. The molecule has 1 aliphatic rings. The lowest BCUT2D eigenvalue weighted by Gasteiger charge is -2.13. The van der Waals surface area contributed by atoms with Crippen molar-refractivity contribution >= 4 is 5.91 Å². The summed E-state index contributed by atoms with van der Waals surface area (Å²) in [5.41, 5.74) is -0.0794. The zero-order valence-electron chi connectivity index (χ0n) is 7.65. The highest BCUT2D eigenvalue weighted by Crippen LogP contribution is 2.45. The summed E-state index contributed by atoms with van der Waals surface area (Å²) in [5.74, 6) is 0.195. The van der Waals surface area contributed by atoms with Crippen LogP contribution in [-0.4, -0.2) is 26.0 Å². The second kappa shape index (κ2) is 3.90. The highest BCUT2D eigenvalue weighted by molar-refractivity contribution is 5.85. The molecule has 1 saturated carbocycles. The molecule has 12 heavy (non-hydrogen) atoms. The van der Waals surface area contributed by atoms with Crippen molar-refractivity contribution in [2.75, 3.05) is 20.1 Å². The van der Waals surface area contributed by atoms with Gasteiger partial charge in [0.15, 0.2) is 0 Å². The standard InChI is InChI=1S/C9H17N2O/c1-3-6-11-8(12)9(4-5-9)7-10-2/h10H,1,3-7H2,2H3,(H,11,12). The van der Waals surface area contributed by atoms with Gasteiger partial charge in [0.2, 0.25) is 5.91 Å². The smallest absolute Gasteiger partial charge is 0.227 e. The summed E-state index contributed by atoms with van der Waals surface area (Å²) >= 11 is 0. The number of carbonyl (C=O) groups excluding carboxylic acids is 1. The fraction of sp³-hybridized carbons (Fsp3) is 0.778. The molecule has 1 rings (SSSR count). The lowest BCUT2D eigenvalue weighted by Crippen LogP contribution is -2.37. The summed E-state index contributed by atoms with van der Waals surface area (Å²) in [5, 5.41) is 5.93. The Bertz CT molecular complexity index is 164. The number of hydrogen-bond donors (Lipinski definition) is 2. The van der Waals surface area contributed by atoms with Crippen molar-refractivity contribution in [1.29, 1.82) is 0 Å². The Morgan fingerprint density at radius 2 is 2.25 bits per heavy atom. The molecule has 0 unspecified atom stereocenters. The Morgan fingerprint density at radius 3 is 2.67 bits per heavy atom. The van der Waals surface area contributed by atoms with E-state index in [0.717, 1.165) is 25.8 Å². The first-order valence-corrected chi connectivity index (χ1v) is 4.47. The summed E-state index contributed by atoms with van der Waals surface area (Å²) in [4.78, 5) is 11.5. The molecule has 1 fully saturated rings. The predicted molar refractivity (Wildman–Crippen MR) is 48.6 cm³/mol. The van der Waals surface area contributed by atoms with Gasteiger partial charge in [-0.1, -0.05) is 6.92 Å². The minimum absolute atomic E-state index is 0.0794. The van der Waals surface area contributed by atoms with E-state index in [1.807, 2.05) is 7.05 Å². The summed E-state index contributed by atoms with van der Waals surface area (Å²) < 4.78 is 0. The maximum atomic E-state index is 11.5. The first kappa shape index (κ1) is 9.52. The van der Waals surface area contributed by atoms with Gasteiger partial charge in [-0.05, 0) is 26.3 Å². The van der Waals surface area contributed by atoms with Gasteiger partial charge in [-0.15, -0.1) is 0 Å². The van der Waals surface area contributed by atoms with E-state index < -0.39 is 0 Å². The van der Waals surface area contributed by atoms with Crippen LogP contribution in [0.2, 0.25) is 0 Å². The number of carbonyl (C=O) groups is 1. The Hall–Kier alpha value is -0.570. The van der Waals surface area contributed by atoms with Crippen molar-refractivity contribution in [2.24, 2.45) is 5.41 Å². The maximum absolute atomic E-state index is 11.5. The van der Waals surface area contributed by atoms with Gasteiger partial charge in [0, 0.05) is 13.1 Å². The number of amides is 1. The van der Waals surface area contributed by atoms with Crippen LogP contribution in [-0.2, 0) is 4.79 Å². The van der Waals surface area contributed by atoms with E-state index in [1.165, 1.54) is 0 Å². The molecule has 1 amide bonds. The van der Waals surface area contributed by atoms with Crippen LogP contribution in [0.15, 0.2) is 0 Å². The molecule has 0 saturated heterocycles. The van der Waals surface area contributed by atoms with Crippen LogP contribution in [0.4, 0.5) is 0 Å². The Labute approximate surface area is 73.9 Å². The highest BCUT2D eigenvalue weighted by atomic mass is 16.2. The summed E-state index contributed by atoms with van der Waals surface area (Å²) in [6.45, 7) is 5.18. The van der Waals surface area contributed by atoms with Crippen LogP contribution >= 0.6 is 0 Å². The molecule has 3 heteroatoms. The molecule has 0 spiro atoms. The molecule has 2 N–H and O–H groups in total. The molecule has 0 aromatic heterocycles. The van der Waals surface area contributed by atoms with Crippen LogP contribution in [0.3, 0.4) is 0 Å². The van der Waals surface area contributed by atoms with Crippen LogP contribution in [0.1, 0.15) is 19.3 Å². The van der Waals surface area contributed by atoms with Crippen LogP contribution in [0, 0.1) is 12.3 Å². The van der Waals surface area contributed by atoms with Crippen molar-refractivity contribution in [3.8, 4) is 0 Å².